The highest BCUT2D eigenvalue weighted by molar-refractivity contribution is 5.95. The molecule has 0 radical (unpaired) electrons. The van der Waals surface area contributed by atoms with Crippen molar-refractivity contribution >= 4 is 5.91 Å². The van der Waals surface area contributed by atoms with Gasteiger partial charge >= 0.3 is 0 Å². The summed E-state index contributed by atoms with van der Waals surface area (Å²) in [5.74, 6) is 1.40. The van der Waals surface area contributed by atoms with Crippen molar-refractivity contribution in [1.82, 2.24) is 10.3 Å². The van der Waals surface area contributed by atoms with Gasteiger partial charge in [-0.15, -0.1) is 0 Å². The first-order chi connectivity index (χ1) is 10.7. The van der Waals surface area contributed by atoms with Crippen LogP contribution in [0.5, 0.6) is 0 Å². The van der Waals surface area contributed by atoms with Crippen molar-refractivity contribution < 1.29 is 13.6 Å². The van der Waals surface area contributed by atoms with Crippen molar-refractivity contribution in [2.75, 3.05) is 6.54 Å². The Labute approximate surface area is 128 Å². The van der Waals surface area contributed by atoms with E-state index in [0.29, 0.717) is 30.0 Å². The summed E-state index contributed by atoms with van der Waals surface area (Å²) in [6.45, 7) is 2.33. The predicted octanol–water partition coefficient (Wildman–Crippen LogP) is 3.22. The van der Waals surface area contributed by atoms with Gasteiger partial charge in [0.25, 0.3) is 5.91 Å². The fraction of sp³-hybridized carbons (Fsp3) is 0.176. The Morgan fingerprint density at radius 1 is 1.14 bits per heavy atom. The van der Waals surface area contributed by atoms with Gasteiger partial charge < -0.3 is 14.2 Å². The van der Waals surface area contributed by atoms with E-state index in [1.165, 1.54) is 0 Å². The molecule has 5 nitrogen and oxygen atoms in total. The lowest BCUT2D eigenvalue weighted by Crippen LogP contribution is -2.26. The molecule has 0 aromatic carbocycles. The third kappa shape index (κ3) is 3.09. The van der Waals surface area contributed by atoms with Crippen molar-refractivity contribution in [1.29, 1.82) is 0 Å². The van der Waals surface area contributed by atoms with E-state index in [-0.39, 0.29) is 5.91 Å². The van der Waals surface area contributed by atoms with Crippen molar-refractivity contribution in [3.63, 3.8) is 0 Å². The fourth-order valence-electron chi connectivity index (χ4n) is 2.21. The van der Waals surface area contributed by atoms with Gasteiger partial charge in [0.2, 0.25) is 0 Å². The van der Waals surface area contributed by atoms with E-state index in [2.05, 4.69) is 10.3 Å². The van der Waals surface area contributed by atoms with E-state index in [1.54, 1.807) is 24.7 Å². The lowest BCUT2D eigenvalue weighted by atomic mass is 10.1. The number of aromatic nitrogens is 1. The molecule has 0 fully saturated rings. The molecule has 0 aliphatic heterocycles. The summed E-state index contributed by atoms with van der Waals surface area (Å²) >= 11 is 0. The van der Waals surface area contributed by atoms with Gasteiger partial charge in [0, 0.05) is 13.0 Å². The van der Waals surface area contributed by atoms with Crippen LogP contribution in [0.1, 0.15) is 21.8 Å². The Bertz CT molecular complexity index is 746. The summed E-state index contributed by atoms with van der Waals surface area (Å²) < 4.78 is 10.5. The monoisotopic (exact) mass is 296 g/mol. The van der Waals surface area contributed by atoms with Crippen LogP contribution in [-0.2, 0) is 6.42 Å². The van der Waals surface area contributed by atoms with Crippen molar-refractivity contribution in [2.45, 2.75) is 13.3 Å². The van der Waals surface area contributed by atoms with Crippen LogP contribution < -0.4 is 5.32 Å². The molecule has 0 unspecified atom stereocenters. The zero-order chi connectivity index (χ0) is 15.4. The summed E-state index contributed by atoms with van der Waals surface area (Å²) in [5.41, 5.74) is 1.95. The molecule has 0 saturated carbocycles. The van der Waals surface area contributed by atoms with E-state index in [0.717, 1.165) is 11.5 Å². The van der Waals surface area contributed by atoms with Gasteiger partial charge in [-0.05, 0) is 43.3 Å². The van der Waals surface area contributed by atoms with E-state index in [1.807, 2.05) is 31.2 Å². The number of nitrogens with one attached hydrogen (secondary N) is 1. The largest absolute Gasteiger partial charge is 0.469 e. The van der Waals surface area contributed by atoms with Crippen molar-refractivity contribution in [3.8, 4) is 11.5 Å². The van der Waals surface area contributed by atoms with E-state index >= 15 is 0 Å². The molecule has 3 heterocycles. The first kappa shape index (κ1) is 14.1. The number of aryl methyl sites for hydroxylation is 1. The van der Waals surface area contributed by atoms with Crippen LogP contribution in [0, 0.1) is 6.92 Å². The Morgan fingerprint density at radius 3 is 2.64 bits per heavy atom. The molecule has 3 aromatic heterocycles. The summed E-state index contributed by atoms with van der Waals surface area (Å²) in [7, 11) is 0. The molecule has 0 atom stereocenters. The first-order valence-electron chi connectivity index (χ1n) is 7.06. The standard InChI is InChI=1S/C17H16N2O3/c1-12-14(6-7-15(19-12)16-5-3-11-22-16)17(20)18-9-8-13-4-2-10-21-13/h2-7,10-11H,8-9H2,1H3,(H,18,20). The first-order valence-corrected chi connectivity index (χ1v) is 7.06. The minimum atomic E-state index is -0.137. The maximum atomic E-state index is 12.2. The molecule has 0 aliphatic rings. The number of hydrogen-bond acceptors (Lipinski definition) is 4. The number of rotatable bonds is 5. The third-order valence-electron chi connectivity index (χ3n) is 3.34. The van der Waals surface area contributed by atoms with Gasteiger partial charge in [-0.2, -0.15) is 0 Å². The lowest BCUT2D eigenvalue weighted by Gasteiger charge is -2.07. The normalized spacial score (nSPS) is 10.6. The van der Waals surface area contributed by atoms with Gasteiger partial charge in [0.15, 0.2) is 5.76 Å². The van der Waals surface area contributed by atoms with Crippen LogP contribution in [0.4, 0.5) is 0 Å². The number of hydrogen-bond donors (Lipinski definition) is 1. The highest BCUT2D eigenvalue weighted by Crippen LogP contribution is 2.19. The fourth-order valence-corrected chi connectivity index (χ4v) is 2.21. The molecule has 112 valence electrons. The summed E-state index contributed by atoms with van der Waals surface area (Å²) in [6, 6.07) is 10.9. The number of amides is 1. The highest BCUT2D eigenvalue weighted by atomic mass is 16.3. The molecule has 22 heavy (non-hydrogen) atoms. The molecule has 1 amide bonds. The summed E-state index contributed by atoms with van der Waals surface area (Å²) in [4.78, 5) is 16.6. The third-order valence-corrected chi connectivity index (χ3v) is 3.34. The zero-order valence-electron chi connectivity index (χ0n) is 12.2. The SMILES string of the molecule is Cc1nc(-c2ccco2)ccc1C(=O)NCCc1ccco1. The highest BCUT2D eigenvalue weighted by Gasteiger charge is 2.12. The minimum Gasteiger partial charge on any atom is -0.469 e. The minimum absolute atomic E-state index is 0.137. The molecule has 0 saturated heterocycles. The second kappa shape index (κ2) is 6.30. The molecule has 5 heteroatoms. The molecule has 3 rings (SSSR count). The van der Waals surface area contributed by atoms with E-state index < -0.39 is 0 Å². The number of nitrogens with zero attached hydrogens (tertiary/aromatic N) is 1. The van der Waals surface area contributed by atoms with Gasteiger partial charge in [0.05, 0.1) is 23.8 Å². The van der Waals surface area contributed by atoms with Crippen LogP contribution in [0.15, 0.2) is 57.8 Å². The van der Waals surface area contributed by atoms with Gasteiger partial charge in [-0.25, -0.2) is 4.98 Å². The van der Waals surface area contributed by atoms with E-state index in [4.69, 9.17) is 8.83 Å². The van der Waals surface area contributed by atoms with Crippen molar-refractivity contribution in [3.05, 3.63) is 65.9 Å². The van der Waals surface area contributed by atoms with Gasteiger partial charge in [-0.1, -0.05) is 0 Å². The average molecular weight is 296 g/mol. The predicted molar refractivity (Wildman–Crippen MR) is 81.4 cm³/mol. The zero-order valence-corrected chi connectivity index (χ0v) is 12.2. The second-order valence-electron chi connectivity index (χ2n) is 4.89. The molecule has 0 bridgehead atoms. The lowest BCUT2D eigenvalue weighted by molar-refractivity contribution is 0.0952. The molecule has 3 aromatic rings. The number of pyridine rings is 1. The Morgan fingerprint density at radius 2 is 1.95 bits per heavy atom. The Hall–Kier alpha value is -2.82. The number of carbonyl (C=O) groups is 1. The summed E-state index contributed by atoms with van der Waals surface area (Å²) in [5, 5.41) is 2.87. The molecule has 1 N–H and O–H groups in total. The molecular formula is C17H16N2O3. The Kier molecular flexibility index (Phi) is 4.05. The van der Waals surface area contributed by atoms with Gasteiger partial charge in [-0.3, -0.25) is 4.79 Å². The maximum absolute atomic E-state index is 12.2. The molecular weight excluding hydrogens is 280 g/mol. The maximum Gasteiger partial charge on any atom is 0.253 e. The quantitative estimate of drug-likeness (QED) is 0.785. The summed E-state index contributed by atoms with van der Waals surface area (Å²) in [6.07, 6.45) is 3.88. The smallest absolute Gasteiger partial charge is 0.253 e. The number of carbonyl (C=O) groups excluding carboxylic acids is 1. The van der Waals surface area contributed by atoms with Crippen LogP contribution in [-0.4, -0.2) is 17.4 Å². The Balaban J connectivity index is 1.65. The van der Waals surface area contributed by atoms with Crippen molar-refractivity contribution in [2.24, 2.45) is 0 Å². The molecule has 0 aliphatic carbocycles. The van der Waals surface area contributed by atoms with E-state index in [9.17, 15) is 4.79 Å². The topological polar surface area (TPSA) is 68.3 Å². The average Bonchev–Trinajstić information content (AvgIpc) is 3.20. The van der Waals surface area contributed by atoms with Crippen LogP contribution >= 0.6 is 0 Å². The molecule has 0 spiro atoms. The van der Waals surface area contributed by atoms with Crippen LogP contribution in [0.2, 0.25) is 0 Å². The van der Waals surface area contributed by atoms with Gasteiger partial charge in [0.1, 0.15) is 11.5 Å². The second-order valence-corrected chi connectivity index (χ2v) is 4.89. The van der Waals surface area contributed by atoms with Crippen LogP contribution in [0.25, 0.3) is 11.5 Å². The van der Waals surface area contributed by atoms with Crippen LogP contribution in [0.3, 0.4) is 0 Å². The number of furan rings is 2.